The van der Waals surface area contributed by atoms with E-state index in [0.29, 0.717) is 0 Å². The maximum atomic E-state index is 5.98. The normalized spacial score (nSPS) is 12.5. The van der Waals surface area contributed by atoms with Crippen LogP contribution in [0.5, 0.6) is 0 Å². The molecule has 0 aliphatic carbocycles. The molecule has 0 fully saturated rings. The van der Waals surface area contributed by atoms with Crippen molar-refractivity contribution >= 4 is 11.6 Å². The Bertz CT molecular complexity index is 590. The first-order valence-corrected chi connectivity index (χ1v) is 9.17. The fourth-order valence-corrected chi connectivity index (χ4v) is 2.87. The topological polar surface area (TPSA) is 12.5 Å². The zero-order valence-electron chi connectivity index (χ0n) is 15.0. The Balaban J connectivity index is 1.85. The van der Waals surface area contributed by atoms with Crippen LogP contribution in [0.4, 0.5) is 0 Å². The van der Waals surface area contributed by atoms with Gasteiger partial charge < -0.3 is 9.64 Å². The zero-order chi connectivity index (χ0) is 17.4. The minimum atomic E-state index is 0.130. The number of nitrogens with zero attached hydrogens (tertiary/aromatic N) is 1. The van der Waals surface area contributed by atoms with Crippen LogP contribution < -0.4 is 0 Å². The molecule has 0 radical (unpaired) electrons. The molecule has 0 saturated heterocycles. The number of ether oxygens (including phenoxy) is 1. The van der Waals surface area contributed by atoms with Gasteiger partial charge >= 0.3 is 0 Å². The maximum absolute atomic E-state index is 5.98. The highest BCUT2D eigenvalue weighted by atomic mass is 35.5. The van der Waals surface area contributed by atoms with Gasteiger partial charge in [0, 0.05) is 11.6 Å². The van der Waals surface area contributed by atoms with E-state index in [1.807, 2.05) is 12.1 Å². The van der Waals surface area contributed by atoms with Crippen LogP contribution in [0.2, 0.25) is 5.02 Å². The van der Waals surface area contributed by atoms with E-state index in [9.17, 15) is 0 Å². The molecule has 130 valence electrons. The third-order valence-corrected chi connectivity index (χ3v) is 4.69. The number of halogens is 1. The van der Waals surface area contributed by atoms with Gasteiger partial charge in [-0.2, -0.15) is 0 Å². The van der Waals surface area contributed by atoms with Gasteiger partial charge in [-0.05, 0) is 55.3 Å². The molecule has 3 heteroatoms. The lowest BCUT2D eigenvalue weighted by Gasteiger charge is -2.20. The van der Waals surface area contributed by atoms with E-state index in [1.165, 1.54) is 16.7 Å². The second-order valence-electron chi connectivity index (χ2n) is 6.08. The minimum absolute atomic E-state index is 0.130. The van der Waals surface area contributed by atoms with Gasteiger partial charge in [0.2, 0.25) is 0 Å². The summed E-state index contributed by atoms with van der Waals surface area (Å²) in [4.78, 5) is 2.38. The number of likely N-dealkylation sites (N-methyl/N-ethyl adjacent to an activating group) is 1. The molecule has 0 aliphatic rings. The van der Waals surface area contributed by atoms with Gasteiger partial charge in [-0.25, -0.2) is 0 Å². The summed E-state index contributed by atoms with van der Waals surface area (Å²) in [5, 5.41) is 0.782. The largest absolute Gasteiger partial charge is 0.372 e. The first-order valence-electron chi connectivity index (χ1n) is 8.79. The minimum Gasteiger partial charge on any atom is -0.372 e. The summed E-state index contributed by atoms with van der Waals surface area (Å²) in [7, 11) is 0. The molecule has 1 unspecified atom stereocenters. The van der Waals surface area contributed by atoms with Gasteiger partial charge in [-0.15, -0.1) is 0 Å². The zero-order valence-corrected chi connectivity index (χ0v) is 15.7. The van der Waals surface area contributed by atoms with E-state index in [4.69, 9.17) is 16.3 Å². The summed E-state index contributed by atoms with van der Waals surface area (Å²) in [6, 6.07) is 16.8. The average molecular weight is 346 g/mol. The highest BCUT2D eigenvalue weighted by Crippen LogP contribution is 2.19. The van der Waals surface area contributed by atoms with Gasteiger partial charge in [-0.1, -0.05) is 61.8 Å². The van der Waals surface area contributed by atoms with Crippen molar-refractivity contribution in [3.8, 4) is 0 Å². The van der Waals surface area contributed by atoms with Crippen molar-refractivity contribution in [1.82, 2.24) is 4.90 Å². The molecule has 0 N–H and O–H groups in total. The lowest BCUT2D eigenvalue weighted by molar-refractivity contribution is 0.0495. The molecule has 0 aliphatic heterocycles. The molecule has 2 aromatic carbocycles. The van der Waals surface area contributed by atoms with Crippen LogP contribution >= 0.6 is 11.6 Å². The van der Waals surface area contributed by atoms with Crippen LogP contribution in [0.1, 0.15) is 43.6 Å². The molecule has 0 heterocycles. The molecule has 0 amide bonds. The van der Waals surface area contributed by atoms with Crippen molar-refractivity contribution in [3.63, 3.8) is 0 Å². The van der Waals surface area contributed by atoms with Crippen molar-refractivity contribution in [2.24, 2.45) is 0 Å². The first-order chi connectivity index (χ1) is 11.6. The van der Waals surface area contributed by atoms with E-state index in [0.717, 1.165) is 37.7 Å². The lowest BCUT2D eigenvalue weighted by Crippen LogP contribution is -2.27. The molecule has 24 heavy (non-hydrogen) atoms. The molecule has 2 rings (SSSR count). The highest BCUT2D eigenvalue weighted by molar-refractivity contribution is 6.30. The molecule has 0 spiro atoms. The molecule has 2 nitrogen and oxygen atoms in total. The summed E-state index contributed by atoms with van der Waals surface area (Å²) in [6.07, 6.45) is 1.06. The number of benzene rings is 2. The molecule has 0 bridgehead atoms. The van der Waals surface area contributed by atoms with Gasteiger partial charge in [-0.3, -0.25) is 0 Å². The van der Waals surface area contributed by atoms with Crippen molar-refractivity contribution in [1.29, 1.82) is 0 Å². The summed E-state index contributed by atoms with van der Waals surface area (Å²) in [5.41, 5.74) is 3.81. The average Bonchev–Trinajstić information content (AvgIpc) is 2.61. The quantitative estimate of drug-likeness (QED) is 0.607. The van der Waals surface area contributed by atoms with E-state index >= 15 is 0 Å². The summed E-state index contributed by atoms with van der Waals surface area (Å²) >= 11 is 5.93. The van der Waals surface area contributed by atoms with Crippen molar-refractivity contribution < 1.29 is 4.74 Å². The second kappa shape index (κ2) is 9.83. The Morgan fingerprint density at radius 3 is 2.00 bits per heavy atom. The van der Waals surface area contributed by atoms with Crippen LogP contribution in [0, 0.1) is 0 Å². The van der Waals surface area contributed by atoms with E-state index in [1.54, 1.807) is 0 Å². The number of hydrogen-bond acceptors (Lipinski definition) is 2. The molecular weight excluding hydrogens is 318 g/mol. The third-order valence-electron chi connectivity index (χ3n) is 4.44. The number of rotatable bonds is 9. The molecule has 0 saturated carbocycles. The van der Waals surface area contributed by atoms with Crippen molar-refractivity contribution in [2.75, 3.05) is 26.2 Å². The van der Waals surface area contributed by atoms with Gasteiger partial charge in [0.05, 0.1) is 12.7 Å². The standard InChI is InChI=1S/C21H28ClNO/c1-4-23(5-2)14-15-24-17(3)20-10-6-18(7-11-20)16-19-8-12-21(22)13-9-19/h6-13,17H,4-5,14-16H2,1-3H3. The first kappa shape index (κ1) is 19.0. The van der Waals surface area contributed by atoms with Crippen LogP contribution in [-0.4, -0.2) is 31.1 Å². The lowest BCUT2D eigenvalue weighted by atomic mass is 10.0. The summed E-state index contributed by atoms with van der Waals surface area (Å²) in [5.74, 6) is 0. The molecule has 1 atom stereocenters. The van der Waals surface area contributed by atoms with Crippen LogP contribution in [0.3, 0.4) is 0 Å². The summed E-state index contributed by atoms with van der Waals surface area (Å²) in [6.45, 7) is 10.4. The monoisotopic (exact) mass is 345 g/mol. The smallest absolute Gasteiger partial charge is 0.0797 e. The maximum Gasteiger partial charge on any atom is 0.0797 e. The van der Waals surface area contributed by atoms with Crippen molar-refractivity contribution in [3.05, 3.63) is 70.2 Å². The Morgan fingerprint density at radius 2 is 1.46 bits per heavy atom. The fourth-order valence-electron chi connectivity index (χ4n) is 2.74. The Kier molecular flexibility index (Phi) is 7.77. The molecule has 0 aromatic heterocycles. The van der Waals surface area contributed by atoms with Crippen LogP contribution in [0.15, 0.2) is 48.5 Å². The SMILES string of the molecule is CCN(CC)CCOC(C)c1ccc(Cc2ccc(Cl)cc2)cc1. The third kappa shape index (κ3) is 5.94. The van der Waals surface area contributed by atoms with Gasteiger partial charge in [0.15, 0.2) is 0 Å². The van der Waals surface area contributed by atoms with E-state index in [2.05, 4.69) is 62.1 Å². The molecule has 2 aromatic rings. The number of hydrogen-bond donors (Lipinski definition) is 0. The van der Waals surface area contributed by atoms with Crippen LogP contribution in [-0.2, 0) is 11.2 Å². The Morgan fingerprint density at radius 1 is 0.917 bits per heavy atom. The van der Waals surface area contributed by atoms with Crippen molar-refractivity contribution in [2.45, 2.75) is 33.3 Å². The highest BCUT2D eigenvalue weighted by Gasteiger charge is 2.07. The second-order valence-corrected chi connectivity index (χ2v) is 6.52. The van der Waals surface area contributed by atoms with Gasteiger partial charge in [0.1, 0.15) is 0 Å². The fraction of sp³-hybridized carbons (Fsp3) is 0.429. The van der Waals surface area contributed by atoms with E-state index < -0.39 is 0 Å². The van der Waals surface area contributed by atoms with Gasteiger partial charge in [0.25, 0.3) is 0 Å². The summed E-state index contributed by atoms with van der Waals surface area (Å²) < 4.78 is 5.98. The Labute approximate surface area is 151 Å². The van der Waals surface area contributed by atoms with Crippen LogP contribution in [0.25, 0.3) is 0 Å². The predicted molar refractivity (Wildman–Crippen MR) is 103 cm³/mol. The molecular formula is C21H28ClNO. The Hall–Kier alpha value is -1.35. The van der Waals surface area contributed by atoms with E-state index in [-0.39, 0.29) is 6.10 Å². The predicted octanol–water partition coefficient (Wildman–Crippen LogP) is 5.35.